The molecule has 33 heavy (non-hydrogen) atoms. The molecule has 4 N–H and O–H groups in total. The molecule has 0 atom stereocenters. The van der Waals surface area contributed by atoms with Gasteiger partial charge in [0.15, 0.2) is 0 Å². The number of nitrogen functional groups attached to an aromatic ring is 2. The summed E-state index contributed by atoms with van der Waals surface area (Å²) in [6, 6.07) is 14.6. The minimum absolute atomic E-state index is 0.0234. The molecule has 0 aliphatic heterocycles. The highest BCUT2D eigenvalue weighted by atomic mass is 19.4. The molecule has 5 heteroatoms. The number of nitrogens with two attached hydrogens (primary N) is 2. The summed E-state index contributed by atoms with van der Waals surface area (Å²) in [5.74, 6) is -0.0468. The van der Waals surface area contributed by atoms with Crippen molar-refractivity contribution in [3.8, 4) is 0 Å². The third-order valence-corrected chi connectivity index (χ3v) is 6.58. The molecule has 2 nitrogen and oxygen atoms in total. The molecule has 3 rings (SSSR count). The van der Waals surface area contributed by atoms with Gasteiger partial charge in [-0.2, -0.15) is 13.2 Å². The standard InChI is InChI=1S/C28H33F3N2/c1-16(2)23-14-21(12-18(5)25(23)32)27(28(29,30)31,20-10-8-7-9-11-20)22-13-19(6)26(33)24(15-22)17(3)4/h7-17H,32-33H2,1-6H3. The molecule has 0 bridgehead atoms. The van der Waals surface area contributed by atoms with Gasteiger partial charge in [0.05, 0.1) is 0 Å². The number of aryl methyl sites for hydroxylation is 2. The Kier molecular flexibility index (Phi) is 6.56. The van der Waals surface area contributed by atoms with Gasteiger partial charge in [-0.25, -0.2) is 0 Å². The fourth-order valence-corrected chi connectivity index (χ4v) is 4.72. The van der Waals surface area contributed by atoms with E-state index in [0.29, 0.717) is 33.6 Å². The molecule has 0 spiro atoms. The highest BCUT2D eigenvalue weighted by Crippen LogP contribution is 2.53. The topological polar surface area (TPSA) is 52.0 Å². The molecular weight excluding hydrogens is 421 g/mol. The number of hydrogen-bond acceptors (Lipinski definition) is 2. The highest BCUT2D eigenvalue weighted by molar-refractivity contribution is 5.65. The molecule has 0 heterocycles. The number of hydrogen-bond donors (Lipinski definition) is 2. The summed E-state index contributed by atoms with van der Waals surface area (Å²) in [7, 11) is 0. The van der Waals surface area contributed by atoms with Gasteiger partial charge in [-0.15, -0.1) is 0 Å². The lowest BCUT2D eigenvalue weighted by molar-refractivity contribution is -0.166. The van der Waals surface area contributed by atoms with Gasteiger partial charge >= 0.3 is 6.18 Å². The zero-order chi connectivity index (χ0) is 24.7. The lowest BCUT2D eigenvalue weighted by atomic mass is 9.67. The van der Waals surface area contributed by atoms with Crippen molar-refractivity contribution in [1.29, 1.82) is 0 Å². The van der Waals surface area contributed by atoms with E-state index in [9.17, 15) is 0 Å². The molecule has 3 aromatic carbocycles. The SMILES string of the molecule is Cc1cc(C(c2ccccc2)(c2cc(C)c(N)c(C(C)C)c2)C(F)(F)F)cc(C(C)C)c1N. The minimum atomic E-state index is -4.62. The van der Waals surface area contributed by atoms with Crippen LogP contribution in [0.4, 0.5) is 24.5 Å². The summed E-state index contributed by atoms with van der Waals surface area (Å²) in [6.45, 7) is 11.3. The molecule has 0 fully saturated rings. The maximum absolute atomic E-state index is 15.5. The molecule has 0 aliphatic rings. The molecule has 176 valence electrons. The van der Waals surface area contributed by atoms with Crippen molar-refractivity contribution in [3.05, 3.63) is 93.5 Å². The van der Waals surface area contributed by atoms with E-state index in [-0.39, 0.29) is 28.5 Å². The average Bonchev–Trinajstić information content (AvgIpc) is 2.72. The summed E-state index contributed by atoms with van der Waals surface area (Å²) >= 11 is 0. The fourth-order valence-electron chi connectivity index (χ4n) is 4.72. The highest BCUT2D eigenvalue weighted by Gasteiger charge is 2.58. The van der Waals surface area contributed by atoms with Crippen LogP contribution in [0.25, 0.3) is 0 Å². The Hall–Kier alpha value is -2.95. The number of rotatable bonds is 5. The van der Waals surface area contributed by atoms with E-state index in [1.54, 1.807) is 68.4 Å². The van der Waals surface area contributed by atoms with Gasteiger partial charge in [0.2, 0.25) is 0 Å². The lowest BCUT2D eigenvalue weighted by Gasteiger charge is -2.39. The van der Waals surface area contributed by atoms with Crippen LogP contribution in [0, 0.1) is 13.8 Å². The van der Waals surface area contributed by atoms with E-state index >= 15 is 13.2 Å². The summed E-state index contributed by atoms with van der Waals surface area (Å²) in [5, 5.41) is 0. The second-order valence-corrected chi connectivity index (χ2v) is 9.52. The van der Waals surface area contributed by atoms with Gasteiger partial charge in [0, 0.05) is 11.4 Å². The Bertz CT molecular complexity index is 1080. The zero-order valence-corrected chi connectivity index (χ0v) is 20.1. The van der Waals surface area contributed by atoms with Crippen molar-refractivity contribution < 1.29 is 13.2 Å². The van der Waals surface area contributed by atoms with Gasteiger partial charge in [-0.1, -0.05) is 82.3 Å². The van der Waals surface area contributed by atoms with E-state index in [1.165, 1.54) is 0 Å². The predicted octanol–water partition coefficient (Wildman–Crippen LogP) is 7.61. The summed E-state index contributed by atoms with van der Waals surface area (Å²) in [4.78, 5) is 0. The first-order valence-electron chi connectivity index (χ1n) is 11.3. The fraction of sp³-hybridized carbons (Fsp3) is 0.357. The molecule has 0 radical (unpaired) electrons. The van der Waals surface area contributed by atoms with Crippen molar-refractivity contribution >= 4 is 11.4 Å². The summed E-state index contributed by atoms with van der Waals surface area (Å²) in [6.07, 6.45) is -4.62. The Morgan fingerprint density at radius 1 is 0.636 bits per heavy atom. The monoisotopic (exact) mass is 454 g/mol. The Labute approximate surface area is 194 Å². The third-order valence-electron chi connectivity index (χ3n) is 6.58. The Morgan fingerprint density at radius 2 is 1.03 bits per heavy atom. The maximum Gasteiger partial charge on any atom is 0.406 e. The first kappa shape index (κ1) is 24.7. The number of benzene rings is 3. The molecule has 0 saturated carbocycles. The lowest BCUT2D eigenvalue weighted by Crippen LogP contribution is -2.45. The smallest absolute Gasteiger partial charge is 0.398 e. The van der Waals surface area contributed by atoms with Crippen LogP contribution in [0.2, 0.25) is 0 Å². The van der Waals surface area contributed by atoms with Crippen LogP contribution < -0.4 is 11.5 Å². The van der Waals surface area contributed by atoms with Crippen LogP contribution in [0.3, 0.4) is 0 Å². The second kappa shape index (κ2) is 8.77. The van der Waals surface area contributed by atoms with Gasteiger partial charge in [0.1, 0.15) is 5.41 Å². The van der Waals surface area contributed by atoms with Gasteiger partial charge in [0.25, 0.3) is 0 Å². The first-order valence-corrected chi connectivity index (χ1v) is 11.3. The van der Waals surface area contributed by atoms with E-state index in [1.807, 2.05) is 27.7 Å². The molecule has 0 aromatic heterocycles. The quantitative estimate of drug-likeness (QED) is 0.308. The van der Waals surface area contributed by atoms with Crippen LogP contribution in [0.5, 0.6) is 0 Å². The summed E-state index contributed by atoms with van der Waals surface area (Å²) < 4.78 is 46.5. The van der Waals surface area contributed by atoms with E-state index in [2.05, 4.69) is 0 Å². The predicted molar refractivity (Wildman–Crippen MR) is 132 cm³/mol. The molecule has 0 unspecified atom stereocenters. The third kappa shape index (κ3) is 4.09. The Balaban J connectivity index is 2.57. The van der Waals surface area contributed by atoms with Crippen molar-refractivity contribution in [2.45, 2.75) is 65.0 Å². The maximum atomic E-state index is 15.5. The van der Waals surface area contributed by atoms with Gasteiger partial charge in [-0.3, -0.25) is 0 Å². The normalized spacial score (nSPS) is 12.6. The van der Waals surface area contributed by atoms with Gasteiger partial charge in [-0.05, 0) is 64.6 Å². The second-order valence-electron chi connectivity index (χ2n) is 9.52. The van der Waals surface area contributed by atoms with E-state index in [4.69, 9.17) is 11.5 Å². The van der Waals surface area contributed by atoms with Crippen LogP contribution in [0.15, 0.2) is 54.6 Å². The van der Waals surface area contributed by atoms with Crippen molar-refractivity contribution in [2.75, 3.05) is 11.5 Å². The average molecular weight is 455 g/mol. The van der Waals surface area contributed by atoms with E-state index < -0.39 is 11.6 Å². The minimum Gasteiger partial charge on any atom is -0.398 e. The van der Waals surface area contributed by atoms with Crippen LogP contribution >= 0.6 is 0 Å². The zero-order valence-electron chi connectivity index (χ0n) is 20.1. The molecular formula is C28H33F3N2. The molecule has 0 saturated heterocycles. The van der Waals surface area contributed by atoms with Crippen LogP contribution in [0.1, 0.15) is 78.5 Å². The number of alkyl halides is 3. The largest absolute Gasteiger partial charge is 0.406 e. The van der Waals surface area contributed by atoms with Crippen molar-refractivity contribution in [3.63, 3.8) is 0 Å². The van der Waals surface area contributed by atoms with Crippen molar-refractivity contribution in [1.82, 2.24) is 0 Å². The number of anilines is 2. The number of halogens is 3. The molecule has 0 aliphatic carbocycles. The Morgan fingerprint density at radius 3 is 1.36 bits per heavy atom. The molecule has 0 amide bonds. The first-order chi connectivity index (χ1) is 15.3. The van der Waals surface area contributed by atoms with Crippen LogP contribution in [-0.2, 0) is 5.41 Å². The van der Waals surface area contributed by atoms with Crippen molar-refractivity contribution in [2.24, 2.45) is 0 Å². The van der Waals surface area contributed by atoms with E-state index in [0.717, 1.165) is 0 Å². The van der Waals surface area contributed by atoms with Gasteiger partial charge < -0.3 is 11.5 Å². The summed E-state index contributed by atoms with van der Waals surface area (Å²) in [5.41, 5.74) is 14.5. The van der Waals surface area contributed by atoms with Crippen LogP contribution in [-0.4, -0.2) is 6.18 Å². The molecule has 3 aromatic rings.